The van der Waals surface area contributed by atoms with Gasteiger partial charge in [-0.1, -0.05) is 24.8 Å². The normalized spacial score (nSPS) is 16.6. The lowest BCUT2D eigenvalue weighted by Crippen LogP contribution is -2.16. The van der Waals surface area contributed by atoms with Crippen LogP contribution in [0.2, 0.25) is 0 Å². The molecule has 0 aromatic carbocycles. The highest BCUT2D eigenvalue weighted by molar-refractivity contribution is 5.44. The standard InChI is InChI=1S/C13H15F2N/c1-4-13(14,15)12-9-8-11(16-3)7-5-6-10(12)2/h4-9,16H,1H2,2-3H3. The van der Waals surface area contributed by atoms with Crippen LogP contribution >= 0.6 is 0 Å². The Kier molecular flexibility index (Phi) is 3.82. The molecule has 0 fully saturated rings. The maximum atomic E-state index is 13.5. The molecule has 0 bridgehead atoms. The van der Waals surface area contributed by atoms with E-state index in [0.717, 1.165) is 5.70 Å². The molecular formula is C13H15F2N. The van der Waals surface area contributed by atoms with Crippen LogP contribution in [0.25, 0.3) is 0 Å². The molecule has 0 aliphatic heterocycles. The van der Waals surface area contributed by atoms with Gasteiger partial charge in [0.2, 0.25) is 0 Å². The molecule has 0 saturated heterocycles. The molecule has 0 aromatic heterocycles. The number of hydrogen-bond acceptors (Lipinski definition) is 1. The molecule has 0 atom stereocenters. The molecule has 0 amide bonds. The summed E-state index contributed by atoms with van der Waals surface area (Å²) in [6.45, 7) is 4.82. The molecule has 1 rings (SSSR count). The Morgan fingerprint density at radius 1 is 1.31 bits per heavy atom. The summed E-state index contributed by atoms with van der Waals surface area (Å²) in [5.41, 5.74) is 1.29. The van der Waals surface area contributed by atoms with Crippen LogP contribution in [0.4, 0.5) is 8.78 Å². The first kappa shape index (κ1) is 12.4. The molecule has 1 aliphatic rings. The SMILES string of the molecule is C=CC(F)(F)C1=C(C)C=CC=C(NC)C=C1. The molecule has 0 saturated carbocycles. The first-order valence-corrected chi connectivity index (χ1v) is 4.98. The maximum absolute atomic E-state index is 13.5. The van der Waals surface area contributed by atoms with Crippen LogP contribution in [0.15, 0.2) is 59.9 Å². The first-order chi connectivity index (χ1) is 7.51. The van der Waals surface area contributed by atoms with Crippen LogP contribution < -0.4 is 5.32 Å². The van der Waals surface area contributed by atoms with Crippen LogP contribution in [0.3, 0.4) is 0 Å². The third-order valence-corrected chi connectivity index (χ3v) is 2.38. The van der Waals surface area contributed by atoms with Gasteiger partial charge in [-0.2, -0.15) is 8.78 Å². The van der Waals surface area contributed by atoms with E-state index in [1.54, 1.807) is 32.2 Å². The summed E-state index contributed by atoms with van der Waals surface area (Å²) in [7, 11) is 1.74. The molecule has 1 N–H and O–H groups in total. The fourth-order valence-corrected chi connectivity index (χ4v) is 1.40. The zero-order chi connectivity index (χ0) is 12.2. The van der Waals surface area contributed by atoms with Crippen molar-refractivity contribution in [2.45, 2.75) is 12.8 Å². The predicted molar refractivity (Wildman–Crippen MR) is 63.3 cm³/mol. The maximum Gasteiger partial charge on any atom is 0.291 e. The Labute approximate surface area is 94.5 Å². The number of rotatable bonds is 3. The van der Waals surface area contributed by atoms with Gasteiger partial charge in [0.05, 0.1) is 0 Å². The molecule has 86 valence electrons. The molecule has 0 heterocycles. The van der Waals surface area contributed by atoms with Crippen molar-refractivity contribution in [1.29, 1.82) is 0 Å². The summed E-state index contributed by atoms with van der Waals surface area (Å²) in [6.07, 6.45) is 8.93. The topological polar surface area (TPSA) is 12.0 Å². The molecular weight excluding hydrogens is 208 g/mol. The third kappa shape index (κ3) is 2.69. The monoisotopic (exact) mass is 223 g/mol. The van der Waals surface area contributed by atoms with Gasteiger partial charge < -0.3 is 5.32 Å². The third-order valence-electron chi connectivity index (χ3n) is 2.38. The van der Waals surface area contributed by atoms with Crippen molar-refractivity contribution in [3.05, 3.63) is 59.9 Å². The average Bonchev–Trinajstić information content (AvgIpc) is 2.23. The van der Waals surface area contributed by atoms with Crippen molar-refractivity contribution in [2.75, 3.05) is 7.05 Å². The molecule has 0 aromatic rings. The lowest BCUT2D eigenvalue weighted by Gasteiger charge is -2.16. The molecule has 0 spiro atoms. The fourth-order valence-electron chi connectivity index (χ4n) is 1.40. The van der Waals surface area contributed by atoms with E-state index in [2.05, 4.69) is 11.9 Å². The Morgan fingerprint density at radius 2 is 2.00 bits per heavy atom. The van der Waals surface area contributed by atoms with E-state index in [-0.39, 0.29) is 5.57 Å². The van der Waals surface area contributed by atoms with E-state index in [9.17, 15) is 8.78 Å². The Balaban J connectivity index is 3.17. The first-order valence-electron chi connectivity index (χ1n) is 4.98. The zero-order valence-electron chi connectivity index (χ0n) is 9.43. The quantitative estimate of drug-likeness (QED) is 0.723. The van der Waals surface area contributed by atoms with Crippen LogP contribution in [0, 0.1) is 0 Å². The molecule has 1 nitrogen and oxygen atoms in total. The van der Waals surface area contributed by atoms with E-state index < -0.39 is 5.92 Å². The Morgan fingerprint density at radius 3 is 2.56 bits per heavy atom. The lowest BCUT2D eigenvalue weighted by molar-refractivity contribution is 0.101. The molecule has 3 heteroatoms. The van der Waals surface area contributed by atoms with Crippen LogP contribution in [-0.4, -0.2) is 13.0 Å². The van der Waals surface area contributed by atoms with Crippen LogP contribution in [0.1, 0.15) is 6.92 Å². The van der Waals surface area contributed by atoms with Crippen molar-refractivity contribution in [1.82, 2.24) is 5.32 Å². The Hall–Kier alpha value is -1.64. The van der Waals surface area contributed by atoms with Gasteiger partial charge in [0.1, 0.15) is 0 Å². The lowest BCUT2D eigenvalue weighted by atomic mass is 10.00. The fraction of sp³-hybridized carbons (Fsp3) is 0.231. The molecule has 0 radical (unpaired) electrons. The second-order valence-corrected chi connectivity index (χ2v) is 3.49. The summed E-state index contributed by atoms with van der Waals surface area (Å²) in [5, 5.41) is 2.91. The summed E-state index contributed by atoms with van der Waals surface area (Å²) in [6, 6.07) is 0. The minimum absolute atomic E-state index is 0.0281. The number of allylic oxidation sites excluding steroid dienone is 8. The number of halogens is 2. The van der Waals surface area contributed by atoms with Gasteiger partial charge in [-0.05, 0) is 30.7 Å². The smallest absolute Gasteiger partial charge is 0.291 e. The highest BCUT2D eigenvalue weighted by Crippen LogP contribution is 2.30. The number of likely N-dealkylation sites (N-methyl/N-ethyl adjacent to an activating group) is 1. The minimum Gasteiger partial charge on any atom is -0.388 e. The van der Waals surface area contributed by atoms with Crippen molar-refractivity contribution in [3.63, 3.8) is 0 Å². The van der Waals surface area contributed by atoms with Crippen molar-refractivity contribution in [3.8, 4) is 0 Å². The van der Waals surface area contributed by atoms with Gasteiger partial charge in [0.15, 0.2) is 0 Å². The summed E-state index contributed by atoms with van der Waals surface area (Å²) < 4.78 is 27.1. The summed E-state index contributed by atoms with van der Waals surface area (Å²) in [5.74, 6) is -3.00. The van der Waals surface area contributed by atoms with Gasteiger partial charge in [-0.25, -0.2) is 0 Å². The molecule has 0 unspecified atom stereocenters. The molecule has 16 heavy (non-hydrogen) atoms. The summed E-state index contributed by atoms with van der Waals surface area (Å²) >= 11 is 0. The van der Waals surface area contributed by atoms with Crippen molar-refractivity contribution >= 4 is 0 Å². The zero-order valence-corrected chi connectivity index (χ0v) is 9.43. The van der Waals surface area contributed by atoms with Crippen molar-refractivity contribution < 1.29 is 8.78 Å². The van der Waals surface area contributed by atoms with E-state index in [1.807, 2.05) is 6.08 Å². The van der Waals surface area contributed by atoms with Gasteiger partial charge in [-0.15, -0.1) is 0 Å². The second-order valence-electron chi connectivity index (χ2n) is 3.49. The Bertz CT molecular complexity index is 398. The summed E-state index contributed by atoms with van der Waals surface area (Å²) in [4.78, 5) is 0. The number of nitrogens with one attached hydrogen (secondary N) is 1. The van der Waals surface area contributed by atoms with Crippen molar-refractivity contribution in [2.24, 2.45) is 0 Å². The number of hydrogen-bond donors (Lipinski definition) is 1. The highest BCUT2D eigenvalue weighted by atomic mass is 19.3. The van der Waals surface area contributed by atoms with Crippen LogP contribution in [0.5, 0.6) is 0 Å². The van der Waals surface area contributed by atoms with E-state index in [0.29, 0.717) is 11.6 Å². The van der Waals surface area contributed by atoms with Gasteiger partial charge in [-0.3, -0.25) is 0 Å². The van der Waals surface area contributed by atoms with E-state index in [4.69, 9.17) is 0 Å². The average molecular weight is 223 g/mol. The predicted octanol–water partition coefficient (Wildman–Crippen LogP) is 3.35. The largest absolute Gasteiger partial charge is 0.388 e. The minimum atomic E-state index is -3.00. The van der Waals surface area contributed by atoms with Crippen LogP contribution in [-0.2, 0) is 0 Å². The molecule has 1 aliphatic carbocycles. The van der Waals surface area contributed by atoms with Gasteiger partial charge in [0.25, 0.3) is 5.92 Å². The van der Waals surface area contributed by atoms with E-state index >= 15 is 0 Å². The second kappa shape index (κ2) is 4.92. The van der Waals surface area contributed by atoms with Gasteiger partial charge in [0, 0.05) is 18.3 Å². The van der Waals surface area contributed by atoms with E-state index in [1.165, 1.54) is 6.08 Å². The number of alkyl halides is 2. The highest BCUT2D eigenvalue weighted by Gasteiger charge is 2.29. The van der Waals surface area contributed by atoms with Gasteiger partial charge >= 0.3 is 0 Å².